The van der Waals surface area contributed by atoms with Gasteiger partial charge in [0.2, 0.25) is 5.82 Å². The lowest BCUT2D eigenvalue weighted by atomic mass is 10.3. The van der Waals surface area contributed by atoms with E-state index in [1.54, 1.807) is 4.90 Å². The third-order valence-corrected chi connectivity index (χ3v) is 3.12. The molecule has 114 valence electrons. The first-order chi connectivity index (χ1) is 10.1. The number of hydrogen-bond donors (Lipinski definition) is 1. The lowest BCUT2D eigenvalue weighted by molar-refractivity contribution is -0.384. The van der Waals surface area contributed by atoms with Crippen LogP contribution in [-0.2, 0) is 4.74 Å². The number of aromatic nitrogens is 1. The Balaban J connectivity index is 1.98. The van der Waals surface area contributed by atoms with E-state index in [4.69, 9.17) is 9.84 Å². The molecular formula is C12H16N4O5. The molecule has 1 aliphatic heterocycles. The Hall–Kier alpha value is -2.42. The Morgan fingerprint density at radius 2 is 2.14 bits per heavy atom. The third-order valence-electron chi connectivity index (χ3n) is 3.12. The molecule has 0 unspecified atom stereocenters. The number of aliphatic hydroxyl groups excluding tert-OH is 1. The highest BCUT2D eigenvalue weighted by Gasteiger charge is 2.27. The lowest BCUT2D eigenvalue weighted by Crippen LogP contribution is -2.49. The van der Waals surface area contributed by atoms with Crippen LogP contribution in [0, 0.1) is 10.1 Å². The van der Waals surface area contributed by atoms with Crippen molar-refractivity contribution in [3.63, 3.8) is 0 Å². The summed E-state index contributed by atoms with van der Waals surface area (Å²) in [5.41, 5.74) is -0.0474. The van der Waals surface area contributed by atoms with Crippen LogP contribution in [0.1, 0.15) is 0 Å². The molecule has 0 radical (unpaired) electrons. The number of ether oxygens (including phenoxy) is 1. The van der Waals surface area contributed by atoms with Crippen molar-refractivity contribution in [3.8, 4) is 0 Å². The fourth-order valence-corrected chi connectivity index (χ4v) is 2.10. The first-order valence-corrected chi connectivity index (χ1v) is 6.50. The largest absolute Gasteiger partial charge is 0.447 e. The van der Waals surface area contributed by atoms with Gasteiger partial charge in [-0.3, -0.25) is 10.1 Å². The molecule has 1 aromatic heterocycles. The van der Waals surface area contributed by atoms with Crippen LogP contribution in [0.5, 0.6) is 0 Å². The molecule has 2 rings (SSSR count). The van der Waals surface area contributed by atoms with Gasteiger partial charge in [-0.25, -0.2) is 9.78 Å². The average molecular weight is 296 g/mol. The number of nitrogens with zero attached hydrogens (tertiary/aromatic N) is 4. The van der Waals surface area contributed by atoms with Gasteiger partial charge in [-0.15, -0.1) is 0 Å². The summed E-state index contributed by atoms with van der Waals surface area (Å²) in [6.07, 6.45) is 1.02. The number of piperazine rings is 1. The number of carbonyl (C=O) groups is 1. The quantitative estimate of drug-likeness (QED) is 0.626. The zero-order valence-corrected chi connectivity index (χ0v) is 11.3. The summed E-state index contributed by atoms with van der Waals surface area (Å²) in [6.45, 7) is 1.39. The number of amides is 1. The van der Waals surface area contributed by atoms with Crippen LogP contribution in [0.4, 0.5) is 16.3 Å². The second-order valence-corrected chi connectivity index (χ2v) is 4.42. The molecule has 1 fully saturated rings. The van der Waals surface area contributed by atoms with Crippen LogP contribution >= 0.6 is 0 Å². The molecule has 0 aliphatic carbocycles. The first kappa shape index (κ1) is 15.0. The molecule has 1 aliphatic rings. The van der Waals surface area contributed by atoms with Gasteiger partial charge in [0.1, 0.15) is 6.61 Å². The van der Waals surface area contributed by atoms with Crippen molar-refractivity contribution >= 4 is 17.6 Å². The fourth-order valence-electron chi connectivity index (χ4n) is 2.10. The molecule has 21 heavy (non-hydrogen) atoms. The highest BCUT2D eigenvalue weighted by atomic mass is 16.6. The molecule has 1 aromatic rings. The van der Waals surface area contributed by atoms with Crippen molar-refractivity contribution in [1.29, 1.82) is 0 Å². The summed E-state index contributed by atoms with van der Waals surface area (Å²) in [5, 5.41) is 19.6. The van der Waals surface area contributed by atoms with E-state index in [-0.39, 0.29) is 18.9 Å². The lowest BCUT2D eigenvalue weighted by Gasteiger charge is -2.34. The van der Waals surface area contributed by atoms with Gasteiger partial charge in [-0.2, -0.15) is 0 Å². The minimum absolute atomic E-state index is 0.0369. The number of nitro groups is 1. The molecule has 0 bridgehead atoms. The van der Waals surface area contributed by atoms with E-state index in [1.807, 2.05) is 0 Å². The summed E-state index contributed by atoms with van der Waals surface area (Å²) >= 11 is 0. The SMILES string of the molecule is O=C(OCCO)N1CCN(c2ncccc2[N+](=O)[O-])CC1. The highest BCUT2D eigenvalue weighted by Crippen LogP contribution is 2.25. The predicted molar refractivity (Wildman–Crippen MR) is 73.1 cm³/mol. The van der Waals surface area contributed by atoms with Gasteiger partial charge >= 0.3 is 11.8 Å². The Labute approximate surface area is 120 Å². The van der Waals surface area contributed by atoms with Crippen molar-refractivity contribution in [2.75, 3.05) is 44.3 Å². The van der Waals surface area contributed by atoms with Gasteiger partial charge in [-0.1, -0.05) is 0 Å². The molecule has 9 nitrogen and oxygen atoms in total. The van der Waals surface area contributed by atoms with Gasteiger partial charge in [0.25, 0.3) is 0 Å². The minimum atomic E-state index is -0.487. The van der Waals surface area contributed by atoms with Crippen LogP contribution in [-0.4, -0.2) is 65.4 Å². The smallest absolute Gasteiger partial charge is 0.409 e. The van der Waals surface area contributed by atoms with Gasteiger partial charge in [0, 0.05) is 38.4 Å². The zero-order chi connectivity index (χ0) is 15.2. The number of hydrogen-bond acceptors (Lipinski definition) is 7. The van der Waals surface area contributed by atoms with Crippen molar-refractivity contribution in [2.45, 2.75) is 0 Å². The van der Waals surface area contributed by atoms with E-state index in [2.05, 4.69) is 4.98 Å². The van der Waals surface area contributed by atoms with Crippen LogP contribution in [0.3, 0.4) is 0 Å². The number of pyridine rings is 1. The van der Waals surface area contributed by atoms with Crippen molar-refractivity contribution in [1.82, 2.24) is 9.88 Å². The Morgan fingerprint density at radius 1 is 1.43 bits per heavy atom. The normalized spacial score (nSPS) is 14.9. The number of anilines is 1. The van der Waals surface area contributed by atoms with Crippen molar-refractivity contribution in [3.05, 3.63) is 28.4 Å². The molecule has 1 amide bonds. The Bertz CT molecular complexity index is 516. The van der Waals surface area contributed by atoms with Crippen LogP contribution in [0.25, 0.3) is 0 Å². The maximum absolute atomic E-state index is 11.6. The maximum atomic E-state index is 11.6. The van der Waals surface area contributed by atoms with Crippen LogP contribution in [0.2, 0.25) is 0 Å². The van der Waals surface area contributed by atoms with E-state index in [0.29, 0.717) is 32.0 Å². The van der Waals surface area contributed by atoms with Gasteiger partial charge in [0.15, 0.2) is 0 Å². The molecule has 1 N–H and O–H groups in total. The minimum Gasteiger partial charge on any atom is -0.447 e. The van der Waals surface area contributed by atoms with E-state index in [9.17, 15) is 14.9 Å². The monoisotopic (exact) mass is 296 g/mol. The maximum Gasteiger partial charge on any atom is 0.409 e. The zero-order valence-electron chi connectivity index (χ0n) is 11.3. The van der Waals surface area contributed by atoms with Gasteiger partial charge in [0.05, 0.1) is 11.5 Å². The predicted octanol–water partition coefficient (Wildman–Crippen LogP) is 0.241. The molecule has 0 atom stereocenters. The van der Waals surface area contributed by atoms with E-state index < -0.39 is 11.0 Å². The summed E-state index contributed by atoms with van der Waals surface area (Å²) in [5.74, 6) is 0.311. The summed E-state index contributed by atoms with van der Waals surface area (Å²) in [7, 11) is 0. The van der Waals surface area contributed by atoms with E-state index >= 15 is 0 Å². The second kappa shape index (κ2) is 6.84. The number of rotatable bonds is 4. The standard InChI is InChI=1S/C12H16N4O5/c17-8-9-21-12(18)15-6-4-14(5-7-15)11-10(16(19)20)2-1-3-13-11/h1-3,17H,4-9H2. The van der Waals surface area contributed by atoms with Crippen LogP contribution < -0.4 is 4.90 Å². The topological polar surface area (TPSA) is 109 Å². The summed E-state index contributed by atoms with van der Waals surface area (Å²) < 4.78 is 4.83. The molecule has 0 spiro atoms. The van der Waals surface area contributed by atoms with E-state index in [0.717, 1.165) is 0 Å². The third kappa shape index (κ3) is 3.57. The van der Waals surface area contributed by atoms with Gasteiger partial charge < -0.3 is 19.6 Å². The molecule has 0 saturated carbocycles. The van der Waals surface area contributed by atoms with Crippen molar-refractivity contribution < 1.29 is 19.6 Å². The molecule has 1 saturated heterocycles. The molecule has 2 heterocycles. The van der Waals surface area contributed by atoms with Gasteiger partial charge in [-0.05, 0) is 6.07 Å². The number of carbonyl (C=O) groups excluding carboxylic acids is 1. The average Bonchev–Trinajstić information content (AvgIpc) is 2.52. The highest BCUT2D eigenvalue weighted by molar-refractivity contribution is 5.68. The second-order valence-electron chi connectivity index (χ2n) is 4.42. The Kier molecular flexibility index (Phi) is 4.88. The van der Waals surface area contributed by atoms with E-state index in [1.165, 1.54) is 23.2 Å². The fraction of sp³-hybridized carbons (Fsp3) is 0.500. The van der Waals surface area contributed by atoms with Crippen LogP contribution in [0.15, 0.2) is 18.3 Å². The Morgan fingerprint density at radius 3 is 2.76 bits per heavy atom. The number of aliphatic hydroxyl groups is 1. The first-order valence-electron chi connectivity index (χ1n) is 6.50. The molecular weight excluding hydrogens is 280 g/mol. The summed E-state index contributed by atoms with van der Waals surface area (Å²) in [4.78, 5) is 29.5. The summed E-state index contributed by atoms with van der Waals surface area (Å²) in [6, 6.07) is 2.92. The molecule has 9 heteroatoms. The van der Waals surface area contributed by atoms with Crippen molar-refractivity contribution in [2.24, 2.45) is 0 Å². The molecule has 0 aromatic carbocycles.